The van der Waals surface area contributed by atoms with Crippen molar-refractivity contribution >= 4 is 6.41 Å². The molecule has 0 heterocycles. The fourth-order valence-electron chi connectivity index (χ4n) is 1.64. The fourth-order valence-corrected chi connectivity index (χ4v) is 1.64. The lowest BCUT2D eigenvalue weighted by Gasteiger charge is -2.11. The molecule has 1 amide bonds. The van der Waals surface area contributed by atoms with Gasteiger partial charge in [0.2, 0.25) is 6.41 Å². The number of ether oxygens (including phenoxy) is 1. The predicted molar refractivity (Wildman–Crippen MR) is 47.3 cm³/mol. The molecule has 1 saturated carbocycles. The number of carbonyl (C=O) groups excluding carboxylic acids is 1. The number of amides is 1. The van der Waals surface area contributed by atoms with Crippen LogP contribution in [-0.4, -0.2) is 36.4 Å². The number of rotatable bonds is 6. The Morgan fingerprint density at radius 2 is 2.15 bits per heavy atom. The molecule has 1 aliphatic rings. The number of hydroxylamine groups is 2. The van der Waals surface area contributed by atoms with Crippen molar-refractivity contribution in [3.8, 4) is 0 Å². The summed E-state index contributed by atoms with van der Waals surface area (Å²) in [5.74, 6) is 0.698. The maximum absolute atomic E-state index is 9.98. The largest absolute Gasteiger partial charge is 0.379 e. The van der Waals surface area contributed by atoms with Crippen LogP contribution in [0.5, 0.6) is 0 Å². The minimum atomic E-state index is 0.260. The zero-order chi connectivity index (χ0) is 9.52. The van der Waals surface area contributed by atoms with E-state index >= 15 is 0 Å². The average molecular weight is 187 g/mol. The van der Waals surface area contributed by atoms with Gasteiger partial charge in [-0.05, 0) is 18.8 Å². The van der Waals surface area contributed by atoms with Crippen molar-refractivity contribution in [2.75, 3.05) is 19.8 Å². The van der Waals surface area contributed by atoms with Gasteiger partial charge in [0.15, 0.2) is 0 Å². The third-order valence-corrected chi connectivity index (χ3v) is 2.41. The molecule has 0 unspecified atom stereocenters. The molecule has 0 aromatic heterocycles. The summed E-state index contributed by atoms with van der Waals surface area (Å²) in [5.41, 5.74) is 0. The SMILES string of the molecule is O=CN(O)CCOCC1CCCC1. The van der Waals surface area contributed by atoms with Gasteiger partial charge in [0.05, 0.1) is 13.2 Å². The van der Waals surface area contributed by atoms with E-state index in [0.29, 0.717) is 24.0 Å². The summed E-state index contributed by atoms with van der Waals surface area (Å²) >= 11 is 0. The van der Waals surface area contributed by atoms with Crippen LogP contribution in [0.2, 0.25) is 0 Å². The lowest BCUT2D eigenvalue weighted by atomic mass is 10.1. The second-order valence-electron chi connectivity index (χ2n) is 3.49. The highest BCUT2D eigenvalue weighted by Gasteiger charge is 2.14. The third-order valence-electron chi connectivity index (χ3n) is 2.41. The van der Waals surface area contributed by atoms with Crippen LogP contribution in [0.4, 0.5) is 0 Å². The summed E-state index contributed by atoms with van der Waals surface area (Å²) < 4.78 is 5.33. The molecule has 4 nitrogen and oxygen atoms in total. The van der Waals surface area contributed by atoms with Crippen LogP contribution in [0.25, 0.3) is 0 Å². The number of hydrogen-bond donors (Lipinski definition) is 1. The van der Waals surface area contributed by atoms with Crippen molar-refractivity contribution in [1.29, 1.82) is 0 Å². The molecular weight excluding hydrogens is 170 g/mol. The van der Waals surface area contributed by atoms with Gasteiger partial charge in [-0.25, -0.2) is 5.06 Å². The summed E-state index contributed by atoms with van der Waals surface area (Å²) in [6, 6.07) is 0. The number of hydrogen-bond acceptors (Lipinski definition) is 3. The normalized spacial score (nSPS) is 17.6. The highest BCUT2D eigenvalue weighted by molar-refractivity contribution is 5.44. The molecule has 1 fully saturated rings. The molecule has 0 aromatic carbocycles. The third kappa shape index (κ3) is 4.24. The molecule has 0 aromatic rings. The maximum atomic E-state index is 9.98. The summed E-state index contributed by atoms with van der Waals surface area (Å²) in [6.45, 7) is 1.45. The molecular formula is C9H17NO3. The fraction of sp³-hybridized carbons (Fsp3) is 0.889. The van der Waals surface area contributed by atoms with E-state index in [0.717, 1.165) is 6.61 Å². The monoisotopic (exact) mass is 187 g/mol. The minimum Gasteiger partial charge on any atom is -0.379 e. The lowest BCUT2D eigenvalue weighted by molar-refractivity contribution is -0.152. The predicted octanol–water partition coefficient (Wildman–Crippen LogP) is 1.04. The molecule has 0 spiro atoms. The molecule has 1 rings (SSSR count). The minimum absolute atomic E-state index is 0.260. The second-order valence-corrected chi connectivity index (χ2v) is 3.49. The Hall–Kier alpha value is -0.610. The van der Waals surface area contributed by atoms with Crippen LogP contribution in [-0.2, 0) is 9.53 Å². The molecule has 0 radical (unpaired) electrons. The molecule has 0 aliphatic heterocycles. The molecule has 76 valence electrons. The van der Waals surface area contributed by atoms with Crippen molar-refractivity contribution in [3.05, 3.63) is 0 Å². The first-order chi connectivity index (χ1) is 6.33. The smallest absolute Gasteiger partial charge is 0.233 e. The highest BCUT2D eigenvalue weighted by Crippen LogP contribution is 2.24. The first kappa shape index (κ1) is 10.5. The quantitative estimate of drug-likeness (QED) is 0.292. The van der Waals surface area contributed by atoms with Gasteiger partial charge in [0.1, 0.15) is 0 Å². The molecule has 1 N–H and O–H groups in total. The van der Waals surface area contributed by atoms with Gasteiger partial charge in [0.25, 0.3) is 0 Å². The lowest BCUT2D eigenvalue weighted by Crippen LogP contribution is -2.23. The molecule has 0 bridgehead atoms. The van der Waals surface area contributed by atoms with Crippen molar-refractivity contribution in [3.63, 3.8) is 0 Å². The van der Waals surface area contributed by atoms with Crippen molar-refractivity contribution in [2.24, 2.45) is 5.92 Å². The van der Waals surface area contributed by atoms with E-state index in [1.165, 1.54) is 25.7 Å². The summed E-state index contributed by atoms with van der Waals surface area (Å²) in [6.07, 6.45) is 5.54. The van der Waals surface area contributed by atoms with E-state index in [9.17, 15) is 4.79 Å². The topological polar surface area (TPSA) is 49.8 Å². The summed E-state index contributed by atoms with van der Waals surface area (Å²) in [5, 5.41) is 9.34. The standard InChI is InChI=1S/C9H17NO3/c11-8-10(12)5-6-13-7-9-3-1-2-4-9/h8-9,12H,1-7H2. The van der Waals surface area contributed by atoms with Gasteiger partial charge in [0, 0.05) is 6.61 Å². The highest BCUT2D eigenvalue weighted by atomic mass is 16.5. The Kier molecular flexibility index (Phi) is 4.78. The zero-order valence-corrected chi connectivity index (χ0v) is 7.82. The molecule has 4 heteroatoms. The van der Waals surface area contributed by atoms with Gasteiger partial charge >= 0.3 is 0 Å². The van der Waals surface area contributed by atoms with Crippen LogP contribution in [0, 0.1) is 5.92 Å². The number of carbonyl (C=O) groups is 1. The van der Waals surface area contributed by atoms with Gasteiger partial charge < -0.3 is 4.74 Å². The van der Waals surface area contributed by atoms with E-state index in [4.69, 9.17) is 9.94 Å². The zero-order valence-electron chi connectivity index (χ0n) is 7.82. The van der Waals surface area contributed by atoms with Crippen LogP contribution in [0.3, 0.4) is 0 Å². The Labute approximate surface area is 78.4 Å². The average Bonchev–Trinajstić information content (AvgIpc) is 2.64. The first-order valence-corrected chi connectivity index (χ1v) is 4.81. The molecule has 1 aliphatic carbocycles. The van der Waals surface area contributed by atoms with Gasteiger partial charge in [-0.3, -0.25) is 10.0 Å². The van der Waals surface area contributed by atoms with Crippen LogP contribution in [0.1, 0.15) is 25.7 Å². The molecule has 13 heavy (non-hydrogen) atoms. The van der Waals surface area contributed by atoms with Crippen molar-refractivity contribution in [1.82, 2.24) is 5.06 Å². The van der Waals surface area contributed by atoms with Crippen LogP contribution in [0.15, 0.2) is 0 Å². The first-order valence-electron chi connectivity index (χ1n) is 4.81. The Balaban J connectivity index is 1.91. The van der Waals surface area contributed by atoms with E-state index in [-0.39, 0.29) is 6.54 Å². The second kappa shape index (κ2) is 5.94. The Morgan fingerprint density at radius 3 is 2.77 bits per heavy atom. The molecule has 0 saturated heterocycles. The van der Waals surface area contributed by atoms with E-state index in [1.807, 2.05) is 0 Å². The van der Waals surface area contributed by atoms with Crippen molar-refractivity contribution in [2.45, 2.75) is 25.7 Å². The Bertz CT molecular complexity index is 146. The van der Waals surface area contributed by atoms with Crippen molar-refractivity contribution < 1.29 is 14.7 Å². The number of nitrogens with zero attached hydrogens (tertiary/aromatic N) is 1. The van der Waals surface area contributed by atoms with E-state index in [1.54, 1.807) is 0 Å². The van der Waals surface area contributed by atoms with Gasteiger partial charge in [-0.2, -0.15) is 0 Å². The van der Waals surface area contributed by atoms with Crippen LogP contribution >= 0.6 is 0 Å². The maximum Gasteiger partial charge on any atom is 0.233 e. The van der Waals surface area contributed by atoms with Crippen LogP contribution < -0.4 is 0 Å². The Morgan fingerprint density at radius 1 is 1.46 bits per heavy atom. The van der Waals surface area contributed by atoms with Gasteiger partial charge in [-0.1, -0.05) is 12.8 Å². The summed E-state index contributed by atoms with van der Waals surface area (Å²) in [4.78, 5) is 9.98. The van der Waals surface area contributed by atoms with Gasteiger partial charge in [-0.15, -0.1) is 0 Å². The van der Waals surface area contributed by atoms with E-state index < -0.39 is 0 Å². The summed E-state index contributed by atoms with van der Waals surface area (Å²) in [7, 11) is 0. The molecule has 0 atom stereocenters. The van der Waals surface area contributed by atoms with E-state index in [2.05, 4.69) is 0 Å².